The third kappa shape index (κ3) is 3.14. The van der Waals surface area contributed by atoms with Gasteiger partial charge in [0.25, 0.3) is 0 Å². The van der Waals surface area contributed by atoms with Gasteiger partial charge in [-0.25, -0.2) is 4.39 Å². The molecule has 0 radical (unpaired) electrons. The summed E-state index contributed by atoms with van der Waals surface area (Å²) in [5.41, 5.74) is 3.14. The van der Waals surface area contributed by atoms with Crippen molar-refractivity contribution in [1.82, 2.24) is 15.0 Å². The van der Waals surface area contributed by atoms with Gasteiger partial charge < -0.3 is 9.42 Å². The lowest BCUT2D eigenvalue weighted by Crippen LogP contribution is -2.38. The van der Waals surface area contributed by atoms with Crippen molar-refractivity contribution in [2.24, 2.45) is 0 Å². The van der Waals surface area contributed by atoms with Crippen LogP contribution in [0.2, 0.25) is 0 Å². The zero-order valence-corrected chi connectivity index (χ0v) is 15.2. The molecule has 2 aliphatic rings. The minimum absolute atomic E-state index is 0.225. The Bertz CT molecular complexity index is 782. The van der Waals surface area contributed by atoms with E-state index in [4.69, 9.17) is 4.52 Å². The molecule has 2 aliphatic heterocycles. The van der Waals surface area contributed by atoms with Crippen LogP contribution in [-0.4, -0.2) is 46.0 Å². The number of nitrogens with zero attached hydrogens (tertiary/aromatic N) is 3. The zero-order chi connectivity index (χ0) is 18.3. The largest absolute Gasteiger partial charge is 0.361 e. The Kier molecular flexibility index (Phi) is 4.53. The van der Waals surface area contributed by atoms with E-state index in [1.54, 1.807) is 12.1 Å². The molecular formula is C20H24FN3O2. The van der Waals surface area contributed by atoms with Gasteiger partial charge in [0.2, 0.25) is 5.91 Å². The van der Waals surface area contributed by atoms with E-state index in [1.807, 2.05) is 18.7 Å². The zero-order valence-electron chi connectivity index (χ0n) is 15.2. The molecule has 6 heteroatoms. The number of hydrogen-bond donors (Lipinski definition) is 0. The molecule has 4 rings (SSSR count). The summed E-state index contributed by atoms with van der Waals surface area (Å²) in [6.45, 7) is 6.39. The molecule has 2 atom stereocenters. The Morgan fingerprint density at radius 3 is 2.69 bits per heavy atom. The van der Waals surface area contributed by atoms with E-state index in [1.165, 1.54) is 12.1 Å². The van der Waals surface area contributed by atoms with Crippen molar-refractivity contribution < 1.29 is 13.7 Å². The number of carbonyl (C=O) groups is 1. The Balaban J connectivity index is 1.41. The molecule has 5 nitrogen and oxygen atoms in total. The molecule has 0 spiro atoms. The second kappa shape index (κ2) is 6.83. The minimum atomic E-state index is -0.225. The molecule has 0 bridgehead atoms. The van der Waals surface area contributed by atoms with Gasteiger partial charge in [-0.15, -0.1) is 0 Å². The molecule has 1 aromatic carbocycles. The van der Waals surface area contributed by atoms with E-state index in [0.29, 0.717) is 13.0 Å². The number of hydrogen-bond acceptors (Lipinski definition) is 4. The van der Waals surface area contributed by atoms with Gasteiger partial charge in [-0.3, -0.25) is 9.69 Å². The van der Waals surface area contributed by atoms with E-state index in [9.17, 15) is 9.18 Å². The van der Waals surface area contributed by atoms with E-state index in [2.05, 4.69) is 10.1 Å². The van der Waals surface area contributed by atoms with E-state index < -0.39 is 0 Å². The number of halogens is 1. The maximum absolute atomic E-state index is 13.0. The van der Waals surface area contributed by atoms with Gasteiger partial charge in [-0.1, -0.05) is 17.3 Å². The summed E-state index contributed by atoms with van der Waals surface area (Å²) in [5.74, 6) is 0.867. The highest BCUT2D eigenvalue weighted by atomic mass is 19.1. The van der Waals surface area contributed by atoms with Crippen LogP contribution in [-0.2, 0) is 17.8 Å². The highest BCUT2D eigenvalue weighted by Crippen LogP contribution is 2.34. The van der Waals surface area contributed by atoms with Gasteiger partial charge in [0.05, 0.1) is 5.69 Å². The first-order chi connectivity index (χ1) is 12.5. The van der Waals surface area contributed by atoms with Crippen LogP contribution in [0.3, 0.4) is 0 Å². The lowest BCUT2D eigenvalue weighted by Gasteiger charge is -2.25. The van der Waals surface area contributed by atoms with Gasteiger partial charge in [0.1, 0.15) is 11.6 Å². The number of likely N-dealkylation sites (tertiary alicyclic amines) is 2. The lowest BCUT2D eigenvalue weighted by molar-refractivity contribution is -0.129. The SMILES string of the molecule is Cc1noc(C)c1CN1CC[C@H]2[C@@H]1CC(=O)N2CCc1ccc(F)cc1. The van der Waals surface area contributed by atoms with E-state index in [-0.39, 0.29) is 23.8 Å². The molecule has 2 aromatic rings. The monoisotopic (exact) mass is 357 g/mol. The second-order valence-corrected chi connectivity index (χ2v) is 7.36. The summed E-state index contributed by atoms with van der Waals surface area (Å²) >= 11 is 0. The summed E-state index contributed by atoms with van der Waals surface area (Å²) in [7, 11) is 0. The van der Waals surface area contributed by atoms with Crippen molar-refractivity contribution in [3.8, 4) is 0 Å². The molecule has 1 aromatic heterocycles. The molecule has 0 aliphatic carbocycles. The number of amides is 1. The van der Waals surface area contributed by atoms with E-state index >= 15 is 0 Å². The molecule has 138 valence electrons. The molecule has 0 N–H and O–H groups in total. The first-order valence-corrected chi connectivity index (χ1v) is 9.22. The predicted molar refractivity (Wildman–Crippen MR) is 95.0 cm³/mol. The second-order valence-electron chi connectivity index (χ2n) is 7.36. The quantitative estimate of drug-likeness (QED) is 0.826. The Hall–Kier alpha value is -2.21. The number of fused-ring (bicyclic) bond motifs is 1. The first-order valence-electron chi connectivity index (χ1n) is 9.22. The van der Waals surface area contributed by atoms with Gasteiger partial charge >= 0.3 is 0 Å². The number of benzene rings is 1. The van der Waals surface area contributed by atoms with Crippen molar-refractivity contribution in [1.29, 1.82) is 0 Å². The van der Waals surface area contributed by atoms with Crippen LogP contribution in [0.1, 0.15) is 35.4 Å². The van der Waals surface area contributed by atoms with Crippen LogP contribution >= 0.6 is 0 Å². The number of carbonyl (C=O) groups excluding carboxylic acids is 1. The highest BCUT2D eigenvalue weighted by molar-refractivity contribution is 5.80. The Morgan fingerprint density at radius 2 is 2.00 bits per heavy atom. The van der Waals surface area contributed by atoms with Crippen molar-refractivity contribution in [2.75, 3.05) is 13.1 Å². The van der Waals surface area contributed by atoms with Crippen molar-refractivity contribution in [3.05, 3.63) is 52.7 Å². The fourth-order valence-corrected chi connectivity index (χ4v) is 4.33. The minimum Gasteiger partial charge on any atom is -0.361 e. The smallest absolute Gasteiger partial charge is 0.224 e. The Labute approximate surface area is 152 Å². The van der Waals surface area contributed by atoms with Crippen LogP contribution in [0.5, 0.6) is 0 Å². The van der Waals surface area contributed by atoms with Crippen LogP contribution in [0.15, 0.2) is 28.8 Å². The van der Waals surface area contributed by atoms with E-state index in [0.717, 1.165) is 48.5 Å². The maximum Gasteiger partial charge on any atom is 0.224 e. The lowest BCUT2D eigenvalue weighted by atomic mass is 10.1. The molecule has 2 fully saturated rings. The van der Waals surface area contributed by atoms with Crippen LogP contribution in [0.25, 0.3) is 0 Å². The van der Waals surface area contributed by atoms with Crippen LogP contribution in [0, 0.1) is 19.7 Å². The van der Waals surface area contributed by atoms with Crippen molar-refractivity contribution >= 4 is 5.91 Å². The number of aryl methyl sites for hydroxylation is 2. The number of rotatable bonds is 5. The molecule has 3 heterocycles. The fraction of sp³-hybridized carbons (Fsp3) is 0.500. The highest BCUT2D eigenvalue weighted by Gasteiger charge is 2.46. The molecule has 0 unspecified atom stereocenters. The molecule has 1 amide bonds. The van der Waals surface area contributed by atoms with Gasteiger partial charge in [-0.05, 0) is 44.4 Å². The summed E-state index contributed by atoms with van der Waals surface area (Å²) < 4.78 is 18.3. The summed E-state index contributed by atoms with van der Waals surface area (Å²) in [4.78, 5) is 17.0. The van der Waals surface area contributed by atoms with Crippen LogP contribution in [0.4, 0.5) is 4.39 Å². The Morgan fingerprint density at radius 1 is 1.23 bits per heavy atom. The molecular weight excluding hydrogens is 333 g/mol. The van der Waals surface area contributed by atoms with Gasteiger partial charge in [0, 0.05) is 43.7 Å². The van der Waals surface area contributed by atoms with Crippen molar-refractivity contribution in [3.63, 3.8) is 0 Å². The topological polar surface area (TPSA) is 49.6 Å². The molecule has 26 heavy (non-hydrogen) atoms. The molecule has 0 saturated carbocycles. The summed E-state index contributed by atoms with van der Waals surface area (Å²) in [6.07, 6.45) is 2.35. The van der Waals surface area contributed by atoms with Gasteiger partial charge in [0.15, 0.2) is 0 Å². The first kappa shape index (κ1) is 17.2. The standard InChI is InChI=1S/C20H24FN3O2/c1-13-17(14(2)26-22-13)12-23-9-8-18-19(23)11-20(25)24(18)10-7-15-3-5-16(21)6-4-15/h3-6,18-19H,7-12H2,1-2H3/t18-,19-/m0/s1. The molecule has 2 saturated heterocycles. The predicted octanol–water partition coefficient (Wildman–Crippen LogP) is 2.85. The number of aromatic nitrogens is 1. The average Bonchev–Trinajstić information content (AvgIpc) is 3.25. The summed E-state index contributed by atoms with van der Waals surface area (Å²) in [6, 6.07) is 7.10. The third-order valence-electron chi connectivity index (χ3n) is 5.83. The average molecular weight is 357 g/mol. The van der Waals surface area contributed by atoms with Crippen LogP contribution < -0.4 is 0 Å². The fourth-order valence-electron chi connectivity index (χ4n) is 4.33. The van der Waals surface area contributed by atoms with Crippen molar-refractivity contribution in [2.45, 2.75) is 51.7 Å². The normalized spacial score (nSPS) is 23.0. The maximum atomic E-state index is 13.0. The van der Waals surface area contributed by atoms with Gasteiger partial charge in [-0.2, -0.15) is 0 Å². The third-order valence-corrected chi connectivity index (χ3v) is 5.83. The summed E-state index contributed by atoms with van der Waals surface area (Å²) in [5, 5.41) is 4.04.